The Labute approximate surface area is 132 Å². The van der Waals surface area contributed by atoms with Crippen molar-refractivity contribution in [3.63, 3.8) is 0 Å². The average molecular weight is 318 g/mol. The minimum Gasteiger partial charge on any atom is -0.392 e. The number of aryl methyl sites for hydroxylation is 1. The van der Waals surface area contributed by atoms with Gasteiger partial charge in [-0.05, 0) is 31.5 Å². The van der Waals surface area contributed by atoms with Gasteiger partial charge in [0.25, 0.3) is 0 Å². The number of nitrogens with one attached hydrogen (secondary N) is 1. The molecule has 1 aromatic carbocycles. The van der Waals surface area contributed by atoms with E-state index < -0.39 is 6.10 Å². The molecule has 1 atom stereocenters. The van der Waals surface area contributed by atoms with E-state index in [1.165, 1.54) is 6.33 Å². The summed E-state index contributed by atoms with van der Waals surface area (Å²) in [5.74, 6) is 0.648. The first-order valence-corrected chi connectivity index (χ1v) is 7.31. The first-order valence-electron chi connectivity index (χ1n) is 6.93. The van der Waals surface area contributed by atoms with E-state index in [9.17, 15) is 5.11 Å². The molecule has 0 spiro atoms. The molecule has 6 nitrogen and oxygen atoms in total. The van der Waals surface area contributed by atoms with Crippen molar-refractivity contribution in [1.29, 1.82) is 0 Å². The van der Waals surface area contributed by atoms with Crippen LogP contribution in [0.3, 0.4) is 0 Å². The molecule has 0 aliphatic heterocycles. The number of aromatic nitrogens is 4. The molecule has 2 heterocycles. The van der Waals surface area contributed by atoms with Gasteiger partial charge in [0.15, 0.2) is 5.65 Å². The summed E-state index contributed by atoms with van der Waals surface area (Å²) in [6, 6.07) is 5.74. The number of hydrogen-bond donors (Lipinski definition) is 2. The van der Waals surface area contributed by atoms with E-state index >= 15 is 0 Å². The van der Waals surface area contributed by atoms with Crippen molar-refractivity contribution in [2.24, 2.45) is 0 Å². The van der Waals surface area contributed by atoms with Crippen molar-refractivity contribution in [3.8, 4) is 5.69 Å². The number of rotatable bonds is 4. The molecule has 3 rings (SSSR count). The summed E-state index contributed by atoms with van der Waals surface area (Å²) in [5, 5.41) is 18.3. The Morgan fingerprint density at radius 1 is 1.36 bits per heavy atom. The average Bonchev–Trinajstić information content (AvgIpc) is 2.92. The molecule has 0 saturated carbocycles. The van der Waals surface area contributed by atoms with Gasteiger partial charge in [-0.15, -0.1) is 0 Å². The van der Waals surface area contributed by atoms with Crippen LogP contribution in [0.2, 0.25) is 5.02 Å². The number of aliphatic hydroxyl groups excluding tert-OH is 1. The SMILES string of the molecule is Cc1ccc(-n2ncc3c(NCC(C)O)ncnc32)cc1Cl. The summed E-state index contributed by atoms with van der Waals surface area (Å²) in [5.41, 5.74) is 2.53. The second kappa shape index (κ2) is 5.90. The molecule has 2 aromatic heterocycles. The van der Waals surface area contributed by atoms with Gasteiger partial charge in [0.1, 0.15) is 12.1 Å². The normalized spacial score (nSPS) is 12.5. The Morgan fingerprint density at radius 3 is 2.91 bits per heavy atom. The van der Waals surface area contributed by atoms with Gasteiger partial charge in [-0.3, -0.25) is 0 Å². The smallest absolute Gasteiger partial charge is 0.168 e. The van der Waals surface area contributed by atoms with Crippen LogP contribution in [0.1, 0.15) is 12.5 Å². The van der Waals surface area contributed by atoms with Crippen LogP contribution in [0.15, 0.2) is 30.7 Å². The molecular formula is C15H16ClN5O. The number of aliphatic hydroxyl groups is 1. The fourth-order valence-electron chi connectivity index (χ4n) is 2.13. The van der Waals surface area contributed by atoms with E-state index in [-0.39, 0.29) is 0 Å². The van der Waals surface area contributed by atoms with E-state index in [0.717, 1.165) is 16.6 Å². The zero-order valence-electron chi connectivity index (χ0n) is 12.3. The van der Waals surface area contributed by atoms with E-state index in [4.69, 9.17) is 11.6 Å². The Bertz CT molecular complexity index is 815. The van der Waals surface area contributed by atoms with Crippen LogP contribution in [-0.4, -0.2) is 37.5 Å². The molecule has 3 aromatic rings. The molecule has 114 valence electrons. The monoisotopic (exact) mass is 317 g/mol. The maximum absolute atomic E-state index is 9.38. The van der Waals surface area contributed by atoms with E-state index in [2.05, 4.69) is 20.4 Å². The second-order valence-electron chi connectivity index (χ2n) is 5.18. The van der Waals surface area contributed by atoms with Crippen molar-refractivity contribution in [2.45, 2.75) is 20.0 Å². The zero-order chi connectivity index (χ0) is 15.7. The molecule has 0 saturated heterocycles. The van der Waals surface area contributed by atoms with E-state index in [1.807, 2.05) is 25.1 Å². The topological polar surface area (TPSA) is 75.9 Å². The Kier molecular flexibility index (Phi) is 3.96. The third kappa shape index (κ3) is 2.75. The molecule has 0 bridgehead atoms. The van der Waals surface area contributed by atoms with Gasteiger partial charge in [0.05, 0.1) is 23.4 Å². The summed E-state index contributed by atoms with van der Waals surface area (Å²) in [7, 11) is 0. The van der Waals surface area contributed by atoms with E-state index in [0.29, 0.717) is 23.0 Å². The summed E-state index contributed by atoms with van der Waals surface area (Å²) < 4.78 is 1.72. The predicted octanol–water partition coefficient (Wildman–Crippen LogP) is 2.57. The maximum Gasteiger partial charge on any atom is 0.168 e. The quantitative estimate of drug-likeness (QED) is 0.773. The van der Waals surface area contributed by atoms with Crippen molar-refractivity contribution in [3.05, 3.63) is 41.3 Å². The lowest BCUT2D eigenvalue weighted by Crippen LogP contribution is -2.16. The van der Waals surface area contributed by atoms with Gasteiger partial charge in [-0.2, -0.15) is 5.10 Å². The fraction of sp³-hybridized carbons (Fsp3) is 0.267. The van der Waals surface area contributed by atoms with Gasteiger partial charge < -0.3 is 10.4 Å². The Morgan fingerprint density at radius 2 is 2.18 bits per heavy atom. The van der Waals surface area contributed by atoms with Crippen LogP contribution in [0.5, 0.6) is 0 Å². The van der Waals surface area contributed by atoms with Gasteiger partial charge in [0.2, 0.25) is 0 Å². The lowest BCUT2D eigenvalue weighted by molar-refractivity contribution is 0.208. The molecule has 0 aliphatic carbocycles. The largest absolute Gasteiger partial charge is 0.392 e. The Hall–Kier alpha value is -2.18. The van der Waals surface area contributed by atoms with Gasteiger partial charge in [-0.25, -0.2) is 14.6 Å². The molecule has 0 amide bonds. The molecule has 7 heteroatoms. The van der Waals surface area contributed by atoms with Gasteiger partial charge in [-0.1, -0.05) is 17.7 Å². The van der Waals surface area contributed by atoms with Crippen LogP contribution in [-0.2, 0) is 0 Å². The highest BCUT2D eigenvalue weighted by molar-refractivity contribution is 6.31. The first kappa shape index (κ1) is 14.7. The van der Waals surface area contributed by atoms with Crippen LogP contribution in [0.25, 0.3) is 16.7 Å². The first-order chi connectivity index (χ1) is 10.6. The highest BCUT2D eigenvalue weighted by atomic mass is 35.5. The van der Waals surface area contributed by atoms with Crippen LogP contribution in [0, 0.1) is 6.92 Å². The molecule has 0 fully saturated rings. The molecule has 22 heavy (non-hydrogen) atoms. The maximum atomic E-state index is 9.38. The molecular weight excluding hydrogens is 302 g/mol. The summed E-state index contributed by atoms with van der Waals surface area (Å²) >= 11 is 6.18. The van der Waals surface area contributed by atoms with Crippen molar-refractivity contribution in [2.75, 3.05) is 11.9 Å². The standard InChI is InChI=1S/C15H16ClN5O/c1-9-3-4-11(5-13(9)16)21-15-12(7-20-21)14(18-8-19-15)17-6-10(2)22/h3-5,7-8,10,22H,6H2,1-2H3,(H,17,18,19). The van der Waals surface area contributed by atoms with Crippen molar-refractivity contribution in [1.82, 2.24) is 19.7 Å². The minimum absolute atomic E-state index is 0.410. The summed E-state index contributed by atoms with van der Waals surface area (Å²) in [6.07, 6.45) is 2.71. The lowest BCUT2D eigenvalue weighted by atomic mass is 10.2. The van der Waals surface area contributed by atoms with Crippen LogP contribution >= 0.6 is 11.6 Å². The van der Waals surface area contributed by atoms with E-state index in [1.54, 1.807) is 17.8 Å². The predicted molar refractivity (Wildman–Crippen MR) is 86.6 cm³/mol. The van der Waals surface area contributed by atoms with Crippen LogP contribution in [0.4, 0.5) is 5.82 Å². The van der Waals surface area contributed by atoms with Crippen LogP contribution < -0.4 is 5.32 Å². The van der Waals surface area contributed by atoms with Gasteiger partial charge >= 0.3 is 0 Å². The number of fused-ring (bicyclic) bond motifs is 1. The second-order valence-corrected chi connectivity index (χ2v) is 5.59. The third-order valence-electron chi connectivity index (χ3n) is 3.33. The highest BCUT2D eigenvalue weighted by Crippen LogP contribution is 2.24. The number of halogens is 1. The molecule has 1 unspecified atom stereocenters. The molecule has 0 radical (unpaired) electrons. The zero-order valence-corrected chi connectivity index (χ0v) is 13.0. The molecule has 0 aliphatic rings. The number of benzene rings is 1. The number of hydrogen-bond acceptors (Lipinski definition) is 5. The number of anilines is 1. The highest BCUT2D eigenvalue weighted by Gasteiger charge is 2.12. The van der Waals surface area contributed by atoms with Gasteiger partial charge in [0, 0.05) is 11.6 Å². The lowest BCUT2D eigenvalue weighted by Gasteiger charge is -2.08. The minimum atomic E-state index is -0.462. The third-order valence-corrected chi connectivity index (χ3v) is 3.74. The Balaban J connectivity index is 2.05. The van der Waals surface area contributed by atoms with Crippen molar-refractivity contribution < 1.29 is 5.11 Å². The summed E-state index contributed by atoms with van der Waals surface area (Å²) in [4.78, 5) is 8.51. The van der Waals surface area contributed by atoms with Crippen molar-refractivity contribution >= 4 is 28.5 Å². The molecule has 2 N–H and O–H groups in total. The fourth-order valence-corrected chi connectivity index (χ4v) is 2.31. The summed E-state index contributed by atoms with van der Waals surface area (Å²) in [6.45, 7) is 4.07. The number of nitrogens with zero attached hydrogens (tertiary/aromatic N) is 4.